The SMILES string of the molecule is COC(=O)c1c(NC(=O)COC(=O)c2ccc3nc(-c4ccco4)c(-c4ccco4)nc3c2)sc2c1CCCCC2. The first kappa shape index (κ1) is 26.5. The first-order chi connectivity index (χ1) is 20.0. The van der Waals surface area contributed by atoms with Crippen molar-refractivity contribution < 1.29 is 32.7 Å². The van der Waals surface area contributed by atoms with E-state index in [0.717, 1.165) is 42.5 Å². The van der Waals surface area contributed by atoms with Crippen LogP contribution in [0.5, 0.6) is 0 Å². The quantitative estimate of drug-likeness (QED) is 0.183. The van der Waals surface area contributed by atoms with E-state index >= 15 is 0 Å². The maximum atomic E-state index is 12.9. The number of rotatable bonds is 7. The van der Waals surface area contributed by atoms with Gasteiger partial charge in [-0.25, -0.2) is 19.6 Å². The predicted octanol–water partition coefficient (Wildman–Crippen LogP) is 6.06. The van der Waals surface area contributed by atoms with Crippen LogP contribution in [-0.4, -0.2) is 41.5 Å². The first-order valence-corrected chi connectivity index (χ1v) is 13.9. The Balaban J connectivity index is 1.20. The van der Waals surface area contributed by atoms with Gasteiger partial charge in [-0.2, -0.15) is 0 Å². The monoisotopic (exact) mass is 571 g/mol. The summed E-state index contributed by atoms with van der Waals surface area (Å²) >= 11 is 1.38. The second kappa shape index (κ2) is 11.4. The predicted molar refractivity (Wildman–Crippen MR) is 151 cm³/mol. The fourth-order valence-corrected chi connectivity index (χ4v) is 6.17. The summed E-state index contributed by atoms with van der Waals surface area (Å²) in [5, 5.41) is 3.16. The molecule has 0 atom stereocenters. The molecule has 1 aromatic carbocycles. The molecule has 5 aromatic rings. The van der Waals surface area contributed by atoms with Gasteiger partial charge in [0, 0.05) is 4.88 Å². The number of nitrogens with one attached hydrogen (secondary N) is 1. The number of carbonyl (C=O) groups is 3. The molecule has 0 aliphatic heterocycles. The molecule has 0 radical (unpaired) electrons. The molecule has 0 saturated carbocycles. The maximum absolute atomic E-state index is 12.9. The third-order valence-corrected chi connectivity index (χ3v) is 8.01. The minimum atomic E-state index is -0.700. The second-order valence-electron chi connectivity index (χ2n) is 9.46. The van der Waals surface area contributed by atoms with E-state index < -0.39 is 24.5 Å². The number of amides is 1. The van der Waals surface area contributed by atoms with Crippen LogP contribution in [0.3, 0.4) is 0 Å². The molecule has 6 rings (SSSR count). The van der Waals surface area contributed by atoms with E-state index in [0.29, 0.717) is 44.5 Å². The average Bonchev–Trinajstić information content (AvgIpc) is 3.75. The molecule has 41 heavy (non-hydrogen) atoms. The Kier molecular flexibility index (Phi) is 7.34. The Labute approximate surface area is 238 Å². The fraction of sp³-hybridized carbons (Fsp3) is 0.233. The van der Waals surface area contributed by atoms with Crippen molar-refractivity contribution in [3.63, 3.8) is 0 Å². The maximum Gasteiger partial charge on any atom is 0.341 e. The molecule has 10 nitrogen and oxygen atoms in total. The summed E-state index contributed by atoms with van der Waals surface area (Å²) in [7, 11) is 1.32. The first-order valence-electron chi connectivity index (χ1n) is 13.1. The van der Waals surface area contributed by atoms with Gasteiger partial charge in [0.15, 0.2) is 18.1 Å². The number of esters is 2. The highest BCUT2D eigenvalue weighted by atomic mass is 32.1. The van der Waals surface area contributed by atoms with Gasteiger partial charge in [-0.05, 0) is 73.7 Å². The van der Waals surface area contributed by atoms with Gasteiger partial charge >= 0.3 is 11.9 Å². The lowest BCUT2D eigenvalue weighted by atomic mass is 10.1. The number of methoxy groups -OCH3 is 1. The molecular formula is C30H25N3O7S. The molecule has 208 valence electrons. The average molecular weight is 572 g/mol. The number of aromatic nitrogens is 2. The number of nitrogens with zero attached hydrogens (tertiary/aromatic N) is 2. The second-order valence-corrected chi connectivity index (χ2v) is 10.6. The fourth-order valence-electron chi connectivity index (χ4n) is 4.88. The van der Waals surface area contributed by atoms with E-state index in [2.05, 4.69) is 10.3 Å². The van der Waals surface area contributed by atoms with Crippen molar-refractivity contribution in [2.24, 2.45) is 0 Å². The molecule has 1 N–H and O–H groups in total. The van der Waals surface area contributed by atoms with Crippen LogP contribution >= 0.6 is 11.3 Å². The summed E-state index contributed by atoms with van der Waals surface area (Å²) in [5.74, 6) is -0.721. The number of aryl methyl sites for hydroxylation is 1. The Morgan fingerprint density at radius 1 is 0.902 bits per heavy atom. The third-order valence-electron chi connectivity index (χ3n) is 6.81. The van der Waals surface area contributed by atoms with Crippen molar-refractivity contribution in [2.75, 3.05) is 19.0 Å². The summed E-state index contributed by atoms with van der Waals surface area (Å²) in [5.41, 5.74) is 3.47. The highest BCUT2D eigenvalue weighted by Crippen LogP contribution is 2.38. The normalized spacial score (nSPS) is 12.9. The van der Waals surface area contributed by atoms with E-state index in [1.54, 1.807) is 48.7 Å². The topological polar surface area (TPSA) is 134 Å². The van der Waals surface area contributed by atoms with E-state index in [9.17, 15) is 14.4 Å². The van der Waals surface area contributed by atoms with E-state index in [1.165, 1.54) is 24.7 Å². The number of fused-ring (bicyclic) bond motifs is 2. The van der Waals surface area contributed by atoms with Crippen LogP contribution in [0.2, 0.25) is 0 Å². The Morgan fingerprint density at radius 3 is 2.29 bits per heavy atom. The van der Waals surface area contributed by atoms with Gasteiger partial charge in [0.05, 0.1) is 41.8 Å². The number of ether oxygens (including phenoxy) is 2. The molecule has 0 spiro atoms. The van der Waals surface area contributed by atoms with Crippen LogP contribution in [0.15, 0.2) is 63.8 Å². The van der Waals surface area contributed by atoms with Crippen molar-refractivity contribution in [3.8, 4) is 22.9 Å². The van der Waals surface area contributed by atoms with Crippen LogP contribution in [0, 0.1) is 0 Å². The Hall–Kier alpha value is -4.77. The minimum Gasteiger partial charge on any atom is -0.465 e. The molecule has 0 fully saturated rings. The lowest BCUT2D eigenvalue weighted by molar-refractivity contribution is -0.119. The smallest absolute Gasteiger partial charge is 0.341 e. The largest absolute Gasteiger partial charge is 0.465 e. The third kappa shape index (κ3) is 5.36. The molecule has 1 aliphatic rings. The molecule has 0 unspecified atom stereocenters. The summed E-state index contributed by atoms with van der Waals surface area (Å²) in [6.45, 7) is -0.527. The lowest BCUT2D eigenvalue weighted by Crippen LogP contribution is -2.21. The van der Waals surface area contributed by atoms with Gasteiger partial charge < -0.3 is 23.6 Å². The van der Waals surface area contributed by atoms with Crippen LogP contribution in [0.4, 0.5) is 5.00 Å². The number of anilines is 1. The number of furan rings is 2. The lowest BCUT2D eigenvalue weighted by Gasteiger charge is -2.09. The summed E-state index contributed by atoms with van der Waals surface area (Å²) in [6, 6.07) is 11.8. The summed E-state index contributed by atoms with van der Waals surface area (Å²) in [4.78, 5) is 48.6. The van der Waals surface area contributed by atoms with Gasteiger partial charge in [-0.1, -0.05) is 6.42 Å². The number of hydrogen-bond acceptors (Lipinski definition) is 10. The summed E-state index contributed by atoms with van der Waals surface area (Å²) in [6.07, 6.45) is 7.79. The van der Waals surface area contributed by atoms with E-state index in [1.807, 2.05) is 0 Å². The number of thiophene rings is 1. The highest BCUT2D eigenvalue weighted by molar-refractivity contribution is 7.17. The van der Waals surface area contributed by atoms with Crippen molar-refractivity contribution >= 4 is 45.2 Å². The molecule has 0 bridgehead atoms. The number of benzene rings is 1. The summed E-state index contributed by atoms with van der Waals surface area (Å²) < 4.78 is 21.4. The standard InChI is InChI=1S/C30H25N3O7S/c1-37-30(36)25-18-7-3-2-4-10-23(18)41-28(25)33-24(34)16-40-29(35)17-11-12-19-20(15-17)32-27(22-9-6-14-39-22)26(31-19)21-8-5-13-38-21/h5-6,8-9,11-15H,2-4,7,10,16H2,1H3,(H,33,34). The Morgan fingerprint density at radius 2 is 1.61 bits per heavy atom. The van der Waals surface area contributed by atoms with Gasteiger partial charge in [-0.3, -0.25) is 4.79 Å². The van der Waals surface area contributed by atoms with Crippen LogP contribution in [0.1, 0.15) is 50.4 Å². The highest BCUT2D eigenvalue weighted by Gasteiger charge is 2.26. The number of hydrogen-bond donors (Lipinski definition) is 1. The van der Waals surface area contributed by atoms with Gasteiger partial charge in [0.25, 0.3) is 5.91 Å². The van der Waals surface area contributed by atoms with Crippen LogP contribution in [0.25, 0.3) is 33.9 Å². The van der Waals surface area contributed by atoms with E-state index in [4.69, 9.17) is 23.3 Å². The van der Waals surface area contributed by atoms with E-state index in [-0.39, 0.29) is 5.56 Å². The van der Waals surface area contributed by atoms with Crippen molar-refractivity contribution in [3.05, 3.63) is 76.6 Å². The molecule has 1 aliphatic carbocycles. The zero-order valence-electron chi connectivity index (χ0n) is 22.1. The van der Waals surface area contributed by atoms with Crippen LogP contribution < -0.4 is 5.32 Å². The zero-order valence-corrected chi connectivity index (χ0v) is 22.9. The number of carbonyl (C=O) groups excluding carboxylic acids is 3. The van der Waals surface area contributed by atoms with Gasteiger partial charge in [0.2, 0.25) is 0 Å². The van der Waals surface area contributed by atoms with Crippen molar-refractivity contribution in [1.82, 2.24) is 9.97 Å². The molecule has 4 aromatic heterocycles. The molecule has 11 heteroatoms. The van der Waals surface area contributed by atoms with Crippen molar-refractivity contribution in [1.29, 1.82) is 0 Å². The van der Waals surface area contributed by atoms with Gasteiger partial charge in [0.1, 0.15) is 16.4 Å². The van der Waals surface area contributed by atoms with Crippen LogP contribution in [-0.2, 0) is 27.1 Å². The minimum absolute atomic E-state index is 0.203. The molecule has 0 saturated heterocycles. The molecule has 4 heterocycles. The molecule has 1 amide bonds. The van der Waals surface area contributed by atoms with Gasteiger partial charge in [-0.15, -0.1) is 11.3 Å². The molecular weight excluding hydrogens is 546 g/mol. The van der Waals surface area contributed by atoms with Crippen molar-refractivity contribution in [2.45, 2.75) is 32.1 Å². The Bertz CT molecular complexity index is 1740. The zero-order chi connectivity index (χ0) is 28.3.